The second kappa shape index (κ2) is 7.59. The van der Waals surface area contributed by atoms with Gasteiger partial charge in [-0.2, -0.15) is 0 Å². The van der Waals surface area contributed by atoms with Crippen LogP contribution in [0.25, 0.3) is 0 Å². The van der Waals surface area contributed by atoms with Crippen LogP contribution in [0, 0.1) is 12.8 Å². The van der Waals surface area contributed by atoms with Gasteiger partial charge >= 0.3 is 5.97 Å². The molecule has 1 aromatic heterocycles. The molecule has 5 heteroatoms. The molecule has 1 fully saturated rings. The largest absolute Gasteiger partial charge is 0.481 e. The number of aryl methyl sites for hydroxylation is 1. The van der Waals surface area contributed by atoms with Crippen molar-refractivity contribution in [3.8, 4) is 0 Å². The first-order chi connectivity index (χ1) is 10.1. The Bertz CT molecular complexity index is 497. The minimum Gasteiger partial charge on any atom is -0.481 e. The summed E-state index contributed by atoms with van der Waals surface area (Å²) in [6.07, 6.45) is 5.94. The first-order valence-electron chi connectivity index (χ1n) is 7.64. The zero-order chi connectivity index (χ0) is 15.2. The van der Waals surface area contributed by atoms with E-state index in [9.17, 15) is 14.7 Å². The highest BCUT2D eigenvalue weighted by molar-refractivity contribution is 7.12. The van der Waals surface area contributed by atoms with E-state index in [2.05, 4.69) is 5.32 Å². The van der Waals surface area contributed by atoms with Crippen LogP contribution in [0.4, 0.5) is 0 Å². The third-order valence-electron chi connectivity index (χ3n) is 4.06. The summed E-state index contributed by atoms with van der Waals surface area (Å²) in [5.74, 6) is -1.29. The summed E-state index contributed by atoms with van der Waals surface area (Å²) in [6, 6.07) is 3.74. The molecule has 0 spiro atoms. The second-order valence-corrected chi connectivity index (χ2v) is 7.17. The number of thiophene rings is 1. The third-order valence-corrected chi connectivity index (χ3v) is 5.06. The lowest BCUT2D eigenvalue weighted by molar-refractivity contribution is -0.143. The van der Waals surface area contributed by atoms with Gasteiger partial charge in [-0.1, -0.05) is 25.7 Å². The number of carbonyl (C=O) groups is 2. The van der Waals surface area contributed by atoms with E-state index in [4.69, 9.17) is 0 Å². The topological polar surface area (TPSA) is 66.4 Å². The summed E-state index contributed by atoms with van der Waals surface area (Å²) in [7, 11) is 0. The Hall–Kier alpha value is -1.36. The Kier molecular flexibility index (Phi) is 5.79. The van der Waals surface area contributed by atoms with Gasteiger partial charge in [0, 0.05) is 15.8 Å². The maximum atomic E-state index is 12.2. The highest BCUT2D eigenvalue weighted by atomic mass is 32.1. The fraction of sp³-hybridized carbons (Fsp3) is 0.625. The van der Waals surface area contributed by atoms with Gasteiger partial charge < -0.3 is 10.4 Å². The van der Waals surface area contributed by atoms with Gasteiger partial charge in [0.2, 0.25) is 5.91 Å². The Morgan fingerprint density at radius 1 is 1.24 bits per heavy atom. The van der Waals surface area contributed by atoms with Gasteiger partial charge in [0.1, 0.15) is 0 Å². The molecule has 0 bridgehead atoms. The van der Waals surface area contributed by atoms with Gasteiger partial charge in [0.15, 0.2) is 0 Å². The van der Waals surface area contributed by atoms with Crippen molar-refractivity contribution in [2.75, 3.05) is 0 Å². The number of rotatable bonds is 4. The first-order valence-corrected chi connectivity index (χ1v) is 8.45. The number of nitrogens with one attached hydrogen (secondary N) is 1. The minimum absolute atomic E-state index is 0.0614. The molecular weight excluding hydrogens is 286 g/mol. The van der Waals surface area contributed by atoms with Crippen molar-refractivity contribution in [1.29, 1.82) is 0 Å². The molecule has 0 saturated heterocycles. The summed E-state index contributed by atoms with van der Waals surface area (Å²) < 4.78 is 0. The second-order valence-electron chi connectivity index (χ2n) is 5.80. The van der Waals surface area contributed by atoms with Crippen molar-refractivity contribution in [3.05, 3.63) is 21.9 Å². The van der Waals surface area contributed by atoms with Gasteiger partial charge in [-0.3, -0.25) is 9.59 Å². The SMILES string of the molecule is Cc1ccc(CC(=O)NC2CCCCCCC2C(=O)O)s1. The number of aliphatic carboxylic acids is 1. The van der Waals surface area contributed by atoms with Crippen LogP contribution in [0.3, 0.4) is 0 Å². The van der Waals surface area contributed by atoms with Crippen molar-refractivity contribution < 1.29 is 14.7 Å². The van der Waals surface area contributed by atoms with Crippen molar-refractivity contribution in [2.45, 2.75) is 57.9 Å². The maximum Gasteiger partial charge on any atom is 0.308 e. The molecule has 1 saturated carbocycles. The molecule has 0 radical (unpaired) electrons. The van der Waals surface area contributed by atoms with E-state index >= 15 is 0 Å². The lowest BCUT2D eigenvalue weighted by Gasteiger charge is -2.27. The standard InChI is InChI=1S/C16H23NO3S/c1-11-8-9-12(21-11)10-15(18)17-14-7-5-3-2-4-6-13(14)16(19)20/h8-9,13-14H,2-7,10H2,1H3,(H,17,18)(H,19,20). The molecule has 1 aliphatic rings. The van der Waals surface area contributed by atoms with E-state index in [0.29, 0.717) is 12.8 Å². The van der Waals surface area contributed by atoms with Crippen LogP contribution in [-0.4, -0.2) is 23.0 Å². The molecule has 2 unspecified atom stereocenters. The quantitative estimate of drug-likeness (QED) is 0.898. The Morgan fingerprint density at radius 3 is 2.57 bits per heavy atom. The van der Waals surface area contributed by atoms with Gasteiger partial charge in [-0.25, -0.2) is 0 Å². The van der Waals surface area contributed by atoms with Crippen LogP contribution in [0.1, 0.15) is 48.3 Å². The molecule has 2 N–H and O–H groups in total. The Balaban J connectivity index is 1.96. The third kappa shape index (κ3) is 4.84. The summed E-state index contributed by atoms with van der Waals surface area (Å²) in [6.45, 7) is 2.02. The summed E-state index contributed by atoms with van der Waals surface area (Å²) in [5.41, 5.74) is 0. The number of carboxylic acids is 1. The highest BCUT2D eigenvalue weighted by Gasteiger charge is 2.29. The number of amides is 1. The summed E-state index contributed by atoms with van der Waals surface area (Å²) >= 11 is 1.62. The molecule has 2 rings (SSSR count). The van der Waals surface area contributed by atoms with Crippen molar-refractivity contribution in [1.82, 2.24) is 5.32 Å². The van der Waals surface area contributed by atoms with Crippen molar-refractivity contribution in [3.63, 3.8) is 0 Å². The molecule has 0 aliphatic heterocycles. The predicted octanol–water partition coefficient (Wildman–Crippen LogP) is 3.14. The average Bonchev–Trinajstić information content (AvgIpc) is 2.77. The molecule has 4 nitrogen and oxygen atoms in total. The smallest absolute Gasteiger partial charge is 0.308 e. The molecule has 1 amide bonds. The lowest BCUT2D eigenvalue weighted by Crippen LogP contribution is -2.44. The fourth-order valence-electron chi connectivity index (χ4n) is 2.95. The number of hydrogen-bond acceptors (Lipinski definition) is 3. The van der Waals surface area contributed by atoms with Crippen LogP contribution in [0.15, 0.2) is 12.1 Å². The zero-order valence-electron chi connectivity index (χ0n) is 12.4. The van der Waals surface area contributed by atoms with E-state index in [-0.39, 0.29) is 11.9 Å². The Labute approximate surface area is 129 Å². The summed E-state index contributed by atoms with van der Waals surface area (Å²) in [4.78, 5) is 25.8. The van der Waals surface area contributed by atoms with Crippen LogP contribution in [-0.2, 0) is 16.0 Å². The molecule has 116 valence electrons. The number of carboxylic acid groups (broad SMARTS) is 1. The van der Waals surface area contributed by atoms with Gasteiger partial charge in [-0.15, -0.1) is 11.3 Å². The average molecular weight is 309 g/mol. The van der Waals surface area contributed by atoms with E-state index in [1.807, 2.05) is 19.1 Å². The van der Waals surface area contributed by atoms with Gasteiger partial charge in [0.05, 0.1) is 12.3 Å². The van der Waals surface area contributed by atoms with E-state index < -0.39 is 11.9 Å². The first kappa shape index (κ1) is 16.0. The van der Waals surface area contributed by atoms with Crippen LogP contribution < -0.4 is 5.32 Å². The molecular formula is C16H23NO3S. The van der Waals surface area contributed by atoms with E-state index in [1.54, 1.807) is 11.3 Å². The lowest BCUT2D eigenvalue weighted by atomic mass is 9.86. The van der Waals surface area contributed by atoms with Crippen LogP contribution >= 0.6 is 11.3 Å². The van der Waals surface area contributed by atoms with Crippen molar-refractivity contribution in [2.24, 2.45) is 5.92 Å². The fourth-order valence-corrected chi connectivity index (χ4v) is 3.84. The Morgan fingerprint density at radius 2 is 1.95 bits per heavy atom. The van der Waals surface area contributed by atoms with Gasteiger partial charge in [0.25, 0.3) is 0 Å². The van der Waals surface area contributed by atoms with E-state index in [1.165, 1.54) is 4.88 Å². The summed E-state index contributed by atoms with van der Waals surface area (Å²) in [5, 5.41) is 12.3. The monoisotopic (exact) mass is 309 g/mol. The van der Waals surface area contributed by atoms with Crippen LogP contribution in [0.5, 0.6) is 0 Å². The van der Waals surface area contributed by atoms with Crippen LogP contribution in [0.2, 0.25) is 0 Å². The molecule has 1 heterocycles. The minimum atomic E-state index is -0.783. The molecule has 21 heavy (non-hydrogen) atoms. The zero-order valence-corrected chi connectivity index (χ0v) is 13.2. The number of hydrogen-bond donors (Lipinski definition) is 2. The maximum absolute atomic E-state index is 12.2. The molecule has 1 aromatic rings. The highest BCUT2D eigenvalue weighted by Crippen LogP contribution is 2.23. The molecule has 1 aliphatic carbocycles. The number of carbonyl (C=O) groups excluding carboxylic acids is 1. The van der Waals surface area contributed by atoms with Crippen molar-refractivity contribution >= 4 is 23.2 Å². The van der Waals surface area contributed by atoms with Gasteiger partial charge in [-0.05, 0) is 31.9 Å². The normalized spacial score (nSPS) is 23.1. The predicted molar refractivity (Wildman–Crippen MR) is 83.5 cm³/mol. The molecule has 2 atom stereocenters. The van der Waals surface area contributed by atoms with E-state index in [0.717, 1.165) is 37.0 Å². The molecule has 0 aromatic carbocycles.